The molecule has 0 fully saturated rings. The van der Waals surface area contributed by atoms with Crippen LogP contribution in [0, 0.1) is 0 Å². The number of amides is 2. The van der Waals surface area contributed by atoms with E-state index in [1.54, 1.807) is 36.4 Å². The second-order valence-corrected chi connectivity index (χ2v) is 9.71. The standard InChI is InChI=1S/C23H24N2O5S/c1-30-22(26)20-19(24-23(27)25-21(20)16-8-3-2-4-9-16)14-31(28,29)18-12-11-15-7-5-6-10-17(15)13-18/h2-4,8-9,11-13,21H,5-7,10,14H2,1H3,(H2,24,25,27). The van der Waals surface area contributed by atoms with Crippen molar-refractivity contribution in [1.82, 2.24) is 10.6 Å². The van der Waals surface area contributed by atoms with Crippen LogP contribution in [0.5, 0.6) is 0 Å². The molecule has 2 amide bonds. The molecular weight excluding hydrogens is 416 g/mol. The van der Waals surface area contributed by atoms with E-state index < -0.39 is 33.6 Å². The molecule has 0 saturated carbocycles. The Morgan fingerprint density at radius 3 is 2.48 bits per heavy atom. The number of ether oxygens (including phenoxy) is 1. The monoisotopic (exact) mass is 440 g/mol. The third-order valence-corrected chi connectivity index (χ3v) is 7.35. The summed E-state index contributed by atoms with van der Waals surface area (Å²) in [7, 11) is -2.58. The van der Waals surface area contributed by atoms with E-state index in [1.807, 2.05) is 12.1 Å². The molecule has 2 aliphatic rings. The number of hydrogen-bond donors (Lipinski definition) is 2. The van der Waals surface area contributed by atoms with Crippen LogP contribution >= 0.6 is 0 Å². The SMILES string of the molecule is COC(=O)C1=C(CS(=O)(=O)c2ccc3c(c2)CCCC3)NC(=O)NC1c1ccccc1. The van der Waals surface area contributed by atoms with E-state index in [2.05, 4.69) is 10.6 Å². The lowest BCUT2D eigenvalue weighted by Crippen LogP contribution is -2.47. The Hall–Kier alpha value is -3.13. The van der Waals surface area contributed by atoms with Gasteiger partial charge < -0.3 is 15.4 Å². The summed E-state index contributed by atoms with van der Waals surface area (Å²) in [4.78, 5) is 25.1. The Morgan fingerprint density at radius 2 is 1.77 bits per heavy atom. The molecule has 0 spiro atoms. The van der Waals surface area contributed by atoms with Gasteiger partial charge in [-0.2, -0.15) is 0 Å². The highest BCUT2D eigenvalue weighted by atomic mass is 32.2. The molecule has 1 heterocycles. The molecule has 1 unspecified atom stereocenters. The Labute approximate surface area is 181 Å². The number of hydrogen-bond acceptors (Lipinski definition) is 5. The lowest BCUT2D eigenvalue weighted by molar-refractivity contribution is -0.136. The maximum atomic E-state index is 13.2. The molecule has 0 saturated heterocycles. The van der Waals surface area contributed by atoms with Crippen LogP contribution in [0.25, 0.3) is 0 Å². The van der Waals surface area contributed by atoms with Crippen molar-refractivity contribution < 1.29 is 22.7 Å². The van der Waals surface area contributed by atoms with Gasteiger partial charge >= 0.3 is 12.0 Å². The molecule has 0 bridgehead atoms. The van der Waals surface area contributed by atoms with Crippen LogP contribution in [0.2, 0.25) is 0 Å². The highest BCUT2D eigenvalue weighted by Crippen LogP contribution is 2.30. The molecule has 8 heteroatoms. The van der Waals surface area contributed by atoms with Crippen molar-refractivity contribution in [3.05, 3.63) is 76.5 Å². The van der Waals surface area contributed by atoms with Crippen molar-refractivity contribution in [2.45, 2.75) is 36.6 Å². The summed E-state index contributed by atoms with van der Waals surface area (Å²) in [6, 6.07) is 12.7. The Balaban J connectivity index is 1.75. The van der Waals surface area contributed by atoms with Gasteiger partial charge in [0, 0.05) is 5.70 Å². The zero-order chi connectivity index (χ0) is 22.0. The molecule has 0 aromatic heterocycles. The largest absolute Gasteiger partial charge is 0.466 e. The number of fused-ring (bicyclic) bond motifs is 1. The van der Waals surface area contributed by atoms with Crippen molar-refractivity contribution >= 4 is 21.8 Å². The van der Waals surface area contributed by atoms with Crippen LogP contribution in [-0.2, 0) is 32.2 Å². The van der Waals surface area contributed by atoms with Gasteiger partial charge in [0.25, 0.3) is 0 Å². The second-order valence-electron chi connectivity index (χ2n) is 7.72. The number of carbonyl (C=O) groups is 2. The van der Waals surface area contributed by atoms with Gasteiger partial charge in [-0.3, -0.25) is 0 Å². The first-order chi connectivity index (χ1) is 14.9. The predicted octanol–water partition coefficient (Wildman–Crippen LogP) is 2.82. The molecule has 2 aromatic rings. The van der Waals surface area contributed by atoms with E-state index in [0.717, 1.165) is 31.2 Å². The van der Waals surface area contributed by atoms with Crippen LogP contribution in [0.15, 0.2) is 64.7 Å². The minimum atomic E-state index is -3.81. The third kappa shape index (κ3) is 4.34. The smallest absolute Gasteiger partial charge is 0.338 e. The van der Waals surface area contributed by atoms with Gasteiger partial charge in [0.2, 0.25) is 0 Å². The quantitative estimate of drug-likeness (QED) is 0.696. The summed E-state index contributed by atoms with van der Waals surface area (Å²) < 4.78 is 31.4. The molecule has 31 heavy (non-hydrogen) atoms. The van der Waals surface area contributed by atoms with Gasteiger partial charge in [0.1, 0.15) is 0 Å². The number of aryl methyl sites for hydroxylation is 2. The number of methoxy groups -OCH3 is 1. The number of sulfone groups is 1. The lowest BCUT2D eigenvalue weighted by atomic mass is 9.92. The summed E-state index contributed by atoms with van der Waals surface area (Å²) in [5, 5.41) is 5.21. The highest BCUT2D eigenvalue weighted by molar-refractivity contribution is 7.91. The first-order valence-corrected chi connectivity index (χ1v) is 11.8. The van der Waals surface area contributed by atoms with Crippen molar-refractivity contribution in [3.8, 4) is 0 Å². The molecule has 2 aromatic carbocycles. The Bertz CT molecular complexity index is 1160. The van der Waals surface area contributed by atoms with E-state index in [9.17, 15) is 18.0 Å². The number of rotatable bonds is 5. The Kier molecular flexibility index (Phi) is 5.82. The molecule has 2 N–H and O–H groups in total. The summed E-state index contributed by atoms with van der Waals surface area (Å²) >= 11 is 0. The summed E-state index contributed by atoms with van der Waals surface area (Å²) in [5.41, 5.74) is 2.99. The van der Waals surface area contributed by atoms with Crippen molar-refractivity contribution in [3.63, 3.8) is 0 Å². The second kappa shape index (κ2) is 8.55. The van der Waals surface area contributed by atoms with Gasteiger partial charge in [-0.15, -0.1) is 0 Å². The average molecular weight is 441 g/mol. The number of nitrogens with one attached hydrogen (secondary N) is 2. The number of benzene rings is 2. The van der Waals surface area contributed by atoms with Gasteiger partial charge in [0.15, 0.2) is 9.84 Å². The van der Waals surface area contributed by atoms with Gasteiger partial charge in [-0.1, -0.05) is 36.4 Å². The molecule has 0 radical (unpaired) electrons. The fourth-order valence-corrected chi connectivity index (χ4v) is 5.53. The topological polar surface area (TPSA) is 102 Å². The van der Waals surface area contributed by atoms with E-state index in [1.165, 1.54) is 12.7 Å². The fourth-order valence-electron chi connectivity index (χ4n) is 4.15. The summed E-state index contributed by atoms with van der Waals surface area (Å²) in [6.45, 7) is 0. The number of esters is 1. The zero-order valence-electron chi connectivity index (χ0n) is 17.2. The molecule has 4 rings (SSSR count). The van der Waals surface area contributed by atoms with Crippen molar-refractivity contribution in [2.24, 2.45) is 0 Å². The van der Waals surface area contributed by atoms with E-state index in [-0.39, 0.29) is 16.2 Å². The molecule has 162 valence electrons. The van der Waals surface area contributed by atoms with Crippen LogP contribution in [-0.4, -0.2) is 33.3 Å². The lowest BCUT2D eigenvalue weighted by Gasteiger charge is -2.29. The maximum absolute atomic E-state index is 13.2. The molecule has 1 aliphatic heterocycles. The number of urea groups is 1. The van der Waals surface area contributed by atoms with Crippen molar-refractivity contribution in [2.75, 3.05) is 12.9 Å². The number of carbonyl (C=O) groups excluding carboxylic acids is 2. The third-order valence-electron chi connectivity index (χ3n) is 5.71. The first-order valence-electron chi connectivity index (χ1n) is 10.2. The van der Waals surface area contributed by atoms with E-state index in [0.29, 0.717) is 5.56 Å². The normalized spacial score (nSPS) is 18.6. The minimum Gasteiger partial charge on any atom is -0.466 e. The fraction of sp³-hybridized carbons (Fsp3) is 0.304. The van der Waals surface area contributed by atoms with Crippen LogP contribution in [0.3, 0.4) is 0 Å². The predicted molar refractivity (Wildman–Crippen MR) is 115 cm³/mol. The zero-order valence-corrected chi connectivity index (χ0v) is 18.0. The summed E-state index contributed by atoms with van der Waals surface area (Å²) in [6.07, 6.45) is 3.95. The highest BCUT2D eigenvalue weighted by Gasteiger charge is 2.35. The first kappa shape index (κ1) is 21.1. The van der Waals surface area contributed by atoms with Gasteiger partial charge in [-0.25, -0.2) is 18.0 Å². The molecule has 1 aliphatic carbocycles. The van der Waals surface area contributed by atoms with Gasteiger partial charge in [-0.05, 0) is 54.5 Å². The van der Waals surface area contributed by atoms with E-state index in [4.69, 9.17) is 4.74 Å². The Morgan fingerprint density at radius 1 is 1.06 bits per heavy atom. The average Bonchev–Trinajstić information content (AvgIpc) is 2.78. The van der Waals surface area contributed by atoms with Crippen LogP contribution < -0.4 is 10.6 Å². The molecule has 7 nitrogen and oxygen atoms in total. The minimum absolute atomic E-state index is 0.0298. The van der Waals surface area contributed by atoms with E-state index >= 15 is 0 Å². The maximum Gasteiger partial charge on any atom is 0.338 e. The van der Waals surface area contributed by atoms with Crippen molar-refractivity contribution in [1.29, 1.82) is 0 Å². The van der Waals surface area contributed by atoms with Gasteiger partial charge in [0.05, 0.1) is 29.4 Å². The molecule has 1 atom stereocenters. The van der Waals surface area contributed by atoms with Crippen LogP contribution in [0.4, 0.5) is 4.79 Å². The van der Waals surface area contributed by atoms with Crippen LogP contribution in [0.1, 0.15) is 35.6 Å². The molecular formula is C23H24N2O5S. The summed E-state index contributed by atoms with van der Waals surface area (Å²) in [5.74, 6) is -1.20.